The first-order chi connectivity index (χ1) is 14.3. The minimum atomic E-state index is -0.273. The number of aromatic amines is 1. The van der Waals surface area contributed by atoms with Crippen molar-refractivity contribution in [1.82, 2.24) is 29.8 Å². The summed E-state index contributed by atoms with van der Waals surface area (Å²) in [6.07, 6.45) is 3.18. The summed E-state index contributed by atoms with van der Waals surface area (Å²) in [6.45, 7) is 1.95. The predicted molar refractivity (Wildman–Crippen MR) is 109 cm³/mol. The second kappa shape index (κ2) is 7.20. The van der Waals surface area contributed by atoms with Gasteiger partial charge in [-0.25, -0.2) is 4.98 Å². The second-order valence-electron chi connectivity index (χ2n) is 6.64. The van der Waals surface area contributed by atoms with Crippen LogP contribution in [0.2, 0.25) is 0 Å². The van der Waals surface area contributed by atoms with Gasteiger partial charge in [-0.15, -0.1) is 15.3 Å². The Morgan fingerprint density at radius 1 is 0.931 bits per heavy atom. The van der Waals surface area contributed by atoms with E-state index in [1.165, 1.54) is 0 Å². The summed E-state index contributed by atoms with van der Waals surface area (Å²) in [5.74, 6) is 1.16. The maximum absolute atomic E-state index is 6.24. The van der Waals surface area contributed by atoms with E-state index in [0.29, 0.717) is 17.4 Å². The van der Waals surface area contributed by atoms with Crippen LogP contribution >= 0.6 is 0 Å². The summed E-state index contributed by atoms with van der Waals surface area (Å²) < 4.78 is 7.96. The summed E-state index contributed by atoms with van der Waals surface area (Å²) in [7, 11) is 0. The van der Waals surface area contributed by atoms with Crippen LogP contribution in [-0.2, 0) is 0 Å². The fourth-order valence-corrected chi connectivity index (χ4v) is 3.22. The lowest BCUT2D eigenvalue weighted by Gasteiger charge is -2.15. The zero-order chi connectivity index (χ0) is 19.6. The molecule has 5 rings (SSSR count). The number of ether oxygens (including phenoxy) is 1. The van der Waals surface area contributed by atoms with Crippen LogP contribution in [0.5, 0.6) is 5.88 Å². The molecule has 1 N–H and O–H groups in total. The molecule has 0 aliphatic carbocycles. The van der Waals surface area contributed by atoms with Crippen LogP contribution in [-0.4, -0.2) is 29.8 Å². The maximum Gasteiger partial charge on any atom is 0.240 e. The highest BCUT2D eigenvalue weighted by Crippen LogP contribution is 2.32. The Morgan fingerprint density at radius 2 is 1.66 bits per heavy atom. The van der Waals surface area contributed by atoms with Gasteiger partial charge in [-0.3, -0.25) is 0 Å². The third-order valence-electron chi connectivity index (χ3n) is 4.70. The van der Waals surface area contributed by atoms with E-state index < -0.39 is 0 Å². The number of rotatable bonds is 5. The van der Waals surface area contributed by atoms with Crippen LogP contribution in [0, 0.1) is 0 Å². The highest BCUT2D eigenvalue weighted by molar-refractivity contribution is 5.73. The Balaban J connectivity index is 1.66. The predicted octanol–water partition coefficient (Wildman–Crippen LogP) is 4.32. The van der Waals surface area contributed by atoms with Gasteiger partial charge in [-0.1, -0.05) is 60.7 Å². The number of nitrogens with zero attached hydrogens (tertiary/aromatic N) is 5. The van der Waals surface area contributed by atoms with E-state index >= 15 is 0 Å². The molecule has 1 unspecified atom stereocenters. The SMILES string of the molecule is CC(Oc1nn2c(-c3ccccc3)nnc2cc1-c1ccccc1)c1c[nH]cn1. The van der Waals surface area contributed by atoms with Crippen molar-refractivity contribution < 1.29 is 4.74 Å². The van der Waals surface area contributed by atoms with Gasteiger partial charge in [0.2, 0.25) is 5.88 Å². The smallest absolute Gasteiger partial charge is 0.240 e. The van der Waals surface area contributed by atoms with Crippen LogP contribution in [0.4, 0.5) is 0 Å². The molecule has 7 nitrogen and oxygen atoms in total. The summed E-state index contributed by atoms with van der Waals surface area (Å²) >= 11 is 0. The molecule has 0 bridgehead atoms. The molecule has 0 spiro atoms. The average molecular weight is 382 g/mol. The fourth-order valence-electron chi connectivity index (χ4n) is 3.22. The first kappa shape index (κ1) is 17.1. The molecule has 0 aliphatic heterocycles. The minimum Gasteiger partial charge on any atom is -0.467 e. The molecule has 5 aromatic rings. The van der Waals surface area contributed by atoms with E-state index in [4.69, 9.17) is 9.84 Å². The zero-order valence-electron chi connectivity index (χ0n) is 15.7. The summed E-state index contributed by atoms with van der Waals surface area (Å²) in [6, 6.07) is 21.8. The normalized spacial score (nSPS) is 12.2. The molecule has 2 aromatic carbocycles. The van der Waals surface area contributed by atoms with Gasteiger partial charge in [0.25, 0.3) is 0 Å². The van der Waals surface area contributed by atoms with Gasteiger partial charge in [-0.2, -0.15) is 4.52 Å². The fraction of sp³-hybridized carbons (Fsp3) is 0.0909. The van der Waals surface area contributed by atoms with Crippen LogP contribution in [0.1, 0.15) is 18.7 Å². The van der Waals surface area contributed by atoms with Crippen LogP contribution in [0.3, 0.4) is 0 Å². The molecule has 1 atom stereocenters. The molecule has 3 heterocycles. The molecule has 3 aromatic heterocycles. The molecule has 0 fully saturated rings. The van der Waals surface area contributed by atoms with E-state index in [0.717, 1.165) is 22.4 Å². The average Bonchev–Trinajstić information content (AvgIpc) is 3.44. The van der Waals surface area contributed by atoms with Crippen molar-refractivity contribution in [3.05, 3.63) is 84.9 Å². The number of fused-ring (bicyclic) bond motifs is 1. The summed E-state index contributed by atoms with van der Waals surface area (Å²) in [5, 5.41) is 13.4. The van der Waals surface area contributed by atoms with Gasteiger partial charge < -0.3 is 9.72 Å². The van der Waals surface area contributed by atoms with Gasteiger partial charge in [0.1, 0.15) is 6.10 Å². The number of imidazole rings is 1. The lowest BCUT2D eigenvalue weighted by molar-refractivity contribution is 0.211. The lowest BCUT2D eigenvalue weighted by Crippen LogP contribution is -2.08. The van der Waals surface area contributed by atoms with E-state index in [1.54, 1.807) is 10.8 Å². The molecule has 29 heavy (non-hydrogen) atoms. The van der Waals surface area contributed by atoms with Gasteiger partial charge in [0.05, 0.1) is 12.0 Å². The van der Waals surface area contributed by atoms with Gasteiger partial charge in [0.15, 0.2) is 11.5 Å². The summed E-state index contributed by atoms with van der Waals surface area (Å²) in [5.41, 5.74) is 4.25. The molecule has 0 aliphatic rings. The molecule has 0 radical (unpaired) electrons. The number of benzene rings is 2. The van der Waals surface area contributed by atoms with Crippen molar-refractivity contribution >= 4 is 5.65 Å². The molecule has 0 saturated carbocycles. The Morgan fingerprint density at radius 3 is 2.34 bits per heavy atom. The van der Waals surface area contributed by atoms with Crippen molar-refractivity contribution in [1.29, 1.82) is 0 Å². The Bertz CT molecular complexity index is 1230. The van der Waals surface area contributed by atoms with Crippen molar-refractivity contribution in [2.45, 2.75) is 13.0 Å². The van der Waals surface area contributed by atoms with E-state index in [-0.39, 0.29) is 6.10 Å². The number of nitrogens with one attached hydrogen (secondary N) is 1. The maximum atomic E-state index is 6.24. The first-order valence-corrected chi connectivity index (χ1v) is 9.32. The minimum absolute atomic E-state index is 0.273. The monoisotopic (exact) mass is 382 g/mol. The van der Waals surface area contributed by atoms with Crippen molar-refractivity contribution in [2.24, 2.45) is 0 Å². The standard InChI is InChI=1S/C22H18N6O/c1-15(19-13-23-14-24-19)29-22-18(16-8-4-2-5-9-16)12-20-25-26-21(28(20)27-22)17-10-6-3-7-11-17/h2-15H,1H3,(H,23,24). The molecule has 7 heteroatoms. The number of aromatic nitrogens is 6. The van der Waals surface area contributed by atoms with Crippen LogP contribution in [0.15, 0.2) is 79.3 Å². The van der Waals surface area contributed by atoms with Crippen LogP contribution in [0.25, 0.3) is 28.2 Å². The number of hydrogen-bond acceptors (Lipinski definition) is 5. The van der Waals surface area contributed by atoms with Crippen molar-refractivity contribution in [3.63, 3.8) is 0 Å². The van der Waals surface area contributed by atoms with Gasteiger partial charge in [-0.05, 0) is 18.6 Å². The van der Waals surface area contributed by atoms with Crippen LogP contribution < -0.4 is 4.74 Å². The van der Waals surface area contributed by atoms with Gasteiger partial charge in [0, 0.05) is 17.3 Å². The lowest BCUT2D eigenvalue weighted by atomic mass is 10.1. The Labute approximate surface area is 167 Å². The van der Waals surface area contributed by atoms with E-state index in [9.17, 15) is 0 Å². The quantitative estimate of drug-likeness (QED) is 0.490. The number of H-pyrrole nitrogens is 1. The molecule has 142 valence electrons. The van der Waals surface area contributed by atoms with Crippen molar-refractivity contribution in [2.75, 3.05) is 0 Å². The zero-order valence-corrected chi connectivity index (χ0v) is 15.7. The largest absolute Gasteiger partial charge is 0.467 e. The second-order valence-corrected chi connectivity index (χ2v) is 6.64. The van der Waals surface area contributed by atoms with Crippen molar-refractivity contribution in [3.8, 4) is 28.4 Å². The third-order valence-corrected chi connectivity index (χ3v) is 4.70. The Kier molecular flexibility index (Phi) is 4.25. The molecule has 0 amide bonds. The van der Waals surface area contributed by atoms with E-state index in [1.807, 2.05) is 79.9 Å². The highest BCUT2D eigenvalue weighted by Gasteiger charge is 2.19. The molecule has 0 saturated heterocycles. The first-order valence-electron chi connectivity index (χ1n) is 9.32. The molecular formula is C22H18N6O. The molecular weight excluding hydrogens is 364 g/mol. The topological polar surface area (TPSA) is 81.0 Å². The Hall–Kier alpha value is -4.00. The summed E-state index contributed by atoms with van der Waals surface area (Å²) in [4.78, 5) is 7.25. The third kappa shape index (κ3) is 3.23. The number of hydrogen-bond donors (Lipinski definition) is 1. The van der Waals surface area contributed by atoms with Gasteiger partial charge >= 0.3 is 0 Å². The van der Waals surface area contributed by atoms with E-state index in [2.05, 4.69) is 20.2 Å². The highest BCUT2D eigenvalue weighted by atomic mass is 16.5.